The highest BCUT2D eigenvalue weighted by Gasteiger charge is 2.23. The Balaban J connectivity index is 1.94. The van der Waals surface area contributed by atoms with E-state index in [9.17, 15) is 9.59 Å². The summed E-state index contributed by atoms with van der Waals surface area (Å²) in [6, 6.07) is 0. The van der Waals surface area contributed by atoms with E-state index in [4.69, 9.17) is 4.74 Å². The first-order chi connectivity index (χ1) is 8.37. The average Bonchev–Trinajstić information content (AvgIpc) is 2.98. The number of hydrogen-bond donors (Lipinski definition) is 1. The Hall–Kier alpha value is -0.710. The van der Waals surface area contributed by atoms with Crippen LogP contribution in [0.1, 0.15) is 40.0 Å². The minimum Gasteiger partial charge on any atom is -0.444 e. The van der Waals surface area contributed by atoms with E-state index in [-0.39, 0.29) is 0 Å². The third-order valence-electron chi connectivity index (χ3n) is 2.39. The molecule has 0 unspecified atom stereocenters. The lowest BCUT2D eigenvalue weighted by atomic mass is 10.2. The van der Waals surface area contributed by atoms with Gasteiger partial charge < -0.3 is 10.1 Å². The molecule has 0 saturated heterocycles. The van der Waals surface area contributed by atoms with Gasteiger partial charge in [-0.2, -0.15) is 11.8 Å². The van der Waals surface area contributed by atoms with Crippen molar-refractivity contribution >= 4 is 23.6 Å². The second-order valence-electron chi connectivity index (χ2n) is 5.67. The first-order valence-electron chi connectivity index (χ1n) is 6.43. The van der Waals surface area contributed by atoms with Crippen LogP contribution in [-0.2, 0) is 9.53 Å². The topological polar surface area (TPSA) is 55.4 Å². The van der Waals surface area contributed by atoms with Gasteiger partial charge in [0.2, 0.25) is 0 Å². The van der Waals surface area contributed by atoms with Crippen molar-refractivity contribution in [3.8, 4) is 0 Å². The first kappa shape index (κ1) is 15.3. The molecule has 0 aromatic carbocycles. The van der Waals surface area contributed by atoms with Crippen LogP contribution in [0.25, 0.3) is 0 Å². The SMILES string of the molecule is CC(C)(C)OC(=O)NCCSCC(=O)CC1CC1. The molecule has 4 nitrogen and oxygen atoms in total. The van der Waals surface area contributed by atoms with E-state index >= 15 is 0 Å². The summed E-state index contributed by atoms with van der Waals surface area (Å²) >= 11 is 1.57. The van der Waals surface area contributed by atoms with Gasteiger partial charge in [-0.3, -0.25) is 4.79 Å². The Morgan fingerprint density at radius 3 is 2.56 bits per heavy atom. The highest BCUT2D eigenvalue weighted by atomic mass is 32.2. The third kappa shape index (κ3) is 8.39. The van der Waals surface area contributed by atoms with Crippen LogP contribution in [0.3, 0.4) is 0 Å². The van der Waals surface area contributed by atoms with Gasteiger partial charge in [-0.05, 0) is 39.5 Å². The normalized spacial score (nSPS) is 15.3. The molecule has 18 heavy (non-hydrogen) atoms. The van der Waals surface area contributed by atoms with Crippen molar-refractivity contribution < 1.29 is 14.3 Å². The maximum Gasteiger partial charge on any atom is 0.407 e. The number of nitrogens with one attached hydrogen (secondary N) is 1. The van der Waals surface area contributed by atoms with Crippen LogP contribution < -0.4 is 5.32 Å². The molecular formula is C13H23NO3S. The molecule has 0 radical (unpaired) electrons. The van der Waals surface area contributed by atoms with Crippen LogP contribution in [0.5, 0.6) is 0 Å². The van der Waals surface area contributed by atoms with Crippen molar-refractivity contribution in [3.63, 3.8) is 0 Å². The number of ketones is 1. The fraction of sp³-hybridized carbons (Fsp3) is 0.846. The van der Waals surface area contributed by atoms with E-state index < -0.39 is 11.7 Å². The molecule has 1 N–H and O–H groups in total. The Morgan fingerprint density at radius 2 is 2.00 bits per heavy atom. The molecule has 0 heterocycles. The molecule has 1 saturated carbocycles. The van der Waals surface area contributed by atoms with Crippen LogP contribution in [0.2, 0.25) is 0 Å². The highest BCUT2D eigenvalue weighted by Crippen LogP contribution is 2.32. The van der Waals surface area contributed by atoms with Crippen molar-refractivity contribution in [2.75, 3.05) is 18.1 Å². The van der Waals surface area contributed by atoms with Crippen molar-refractivity contribution in [1.29, 1.82) is 0 Å². The molecule has 0 bridgehead atoms. The van der Waals surface area contributed by atoms with E-state index in [1.54, 1.807) is 11.8 Å². The molecule has 1 amide bonds. The van der Waals surface area contributed by atoms with Crippen LogP contribution in [-0.4, -0.2) is 35.5 Å². The summed E-state index contributed by atoms with van der Waals surface area (Å²) in [5, 5.41) is 2.67. The number of thioether (sulfide) groups is 1. The van der Waals surface area contributed by atoms with Crippen LogP contribution in [0.4, 0.5) is 4.79 Å². The lowest BCUT2D eigenvalue weighted by Crippen LogP contribution is -2.33. The van der Waals surface area contributed by atoms with Crippen LogP contribution >= 0.6 is 11.8 Å². The van der Waals surface area contributed by atoms with Crippen molar-refractivity contribution in [2.45, 2.75) is 45.6 Å². The monoisotopic (exact) mass is 273 g/mol. The van der Waals surface area contributed by atoms with Gasteiger partial charge in [-0.1, -0.05) is 0 Å². The number of Topliss-reactive ketones (excluding diaryl/α,β-unsaturated/α-hetero) is 1. The number of alkyl carbamates (subject to hydrolysis) is 1. The summed E-state index contributed by atoms with van der Waals surface area (Å²) in [6.45, 7) is 6.03. The number of amides is 1. The van der Waals surface area contributed by atoms with E-state index in [1.807, 2.05) is 20.8 Å². The fourth-order valence-electron chi connectivity index (χ4n) is 1.43. The fourth-order valence-corrected chi connectivity index (χ4v) is 2.16. The molecule has 1 rings (SSSR count). The zero-order chi connectivity index (χ0) is 13.6. The molecule has 104 valence electrons. The minimum atomic E-state index is -0.461. The summed E-state index contributed by atoms with van der Waals surface area (Å²) in [5.41, 5.74) is -0.461. The summed E-state index contributed by atoms with van der Waals surface area (Å²) < 4.78 is 5.10. The molecule has 1 fully saturated rings. The standard InChI is InChI=1S/C13H23NO3S/c1-13(2,3)17-12(16)14-6-7-18-9-11(15)8-10-4-5-10/h10H,4-9H2,1-3H3,(H,14,16). The molecule has 0 atom stereocenters. The van der Waals surface area contributed by atoms with Gasteiger partial charge in [0.25, 0.3) is 0 Å². The number of carbonyl (C=O) groups excluding carboxylic acids is 2. The number of rotatable bonds is 7. The molecule has 0 aliphatic heterocycles. The van der Waals surface area contributed by atoms with Gasteiger partial charge in [-0.25, -0.2) is 4.79 Å². The largest absolute Gasteiger partial charge is 0.444 e. The van der Waals surface area contributed by atoms with Gasteiger partial charge in [0.05, 0.1) is 5.75 Å². The van der Waals surface area contributed by atoms with Gasteiger partial charge in [0.15, 0.2) is 0 Å². The molecular weight excluding hydrogens is 250 g/mol. The Kier molecular flexibility index (Phi) is 5.99. The quantitative estimate of drug-likeness (QED) is 0.724. The van der Waals surface area contributed by atoms with E-state index in [1.165, 1.54) is 12.8 Å². The molecule has 5 heteroatoms. The summed E-state index contributed by atoms with van der Waals surface area (Å²) in [4.78, 5) is 22.7. The summed E-state index contributed by atoms with van der Waals surface area (Å²) in [7, 11) is 0. The van der Waals surface area contributed by atoms with Gasteiger partial charge in [0.1, 0.15) is 11.4 Å². The second-order valence-corrected chi connectivity index (χ2v) is 6.77. The number of ether oxygens (including phenoxy) is 1. The minimum absolute atomic E-state index is 0.333. The highest BCUT2D eigenvalue weighted by molar-refractivity contribution is 7.99. The van der Waals surface area contributed by atoms with Crippen molar-refractivity contribution in [3.05, 3.63) is 0 Å². The van der Waals surface area contributed by atoms with E-state index in [2.05, 4.69) is 5.32 Å². The molecule has 0 aromatic rings. The molecule has 1 aliphatic rings. The Bertz CT molecular complexity index is 295. The van der Waals surface area contributed by atoms with Crippen LogP contribution in [0.15, 0.2) is 0 Å². The lowest BCUT2D eigenvalue weighted by molar-refractivity contribution is -0.116. The maximum absolute atomic E-state index is 11.4. The second kappa shape index (κ2) is 7.02. The number of hydrogen-bond acceptors (Lipinski definition) is 4. The van der Waals surface area contributed by atoms with E-state index in [0.717, 1.165) is 12.2 Å². The first-order valence-corrected chi connectivity index (χ1v) is 7.58. The van der Waals surface area contributed by atoms with E-state index in [0.29, 0.717) is 24.0 Å². The van der Waals surface area contributed by atoms with Crippen molar-refractivity contribution in [2.24, 2.45) is 5.92 Å². The Labute approximate surface area is 113 Å². The molecule has 1 aliphatic carbocycles. The average molecular weight is 273 g/mol. The maximum atomic E-state index is 11.4. The summed E-state index contributed by atoms with van der Waals surface area (Å²) in [5.74, 6) is 2.31. The number of carbonyl (C=O) groups is 2. The van der Waals surface area contributed by atoms with Crippen LogP contribution in [0, 0.1) is 5.92 Å². The zero-order valence-corrected chi connectivity index (χ0v) is 12.3. The van der Waals surface area contributed by atoms with Gasteiger partial charge >= 0.3 is 6.09 Å². The lowest BCUT2D eigenvalue weighted by Gasteiger charge is -2.19. The Morgan fingerprint density at radius 1 is 1.33 bits per heavy atom. The molecule has 0 spiro atoms. The summed E-state index contributed by atoms with van der Waals surface area (Å²) in [6.07, 6.45) is 2.78. The molecule has 0 aromatic heterocycles. The van der Waals surface area contributed by atoms with Gasteiger partial charge in [-0.15, -0.1) is 0 Å². The predicted molar refractivity (Wildman–Crippen MR) is 73.9 cm³/mol. The van der Waals surface area contributed by atoms with Crippen molar-refractivity contribution in [1.82, 2.24) is 5.32 Å². The smallest absolute Gasteiger partial charge is 0.407 e. The third-order valence-corrected chi connectivity index (χ3v) is 3.41. The predicted octanol–water partition coefficient (Wildman–Crippen LogP) is 2.61. The zero-order valence-electron chi connectivity index (χ0n) is 11.5. The van der Waals surface area contributed by atoms with Gasteiger partial charge in [0, 0.05) is 18.7 Å².